The van der Waals surface area contributed by atoms with Gasteiger partial charge in [-0.2, -0.15) is 11.3 Å². The standard InChI is InChI=1S/C15H18N2OS2/c18-15(16-9-13-3-2-7-20-13)10-17-6-1-4-14(17)12-5-8-19-11-12/h2-3,5,7-8,11,14H,1,4,6,9-10H2,(H,16,18). The molecule has 5 heteroatoms. The van der Waals surface area contributed by atoms with Crippen LogP contribution in [0.4, 0.5) is 0 Å². The fourth-order valence-corrected chi connectivity index (χ4v) is 4.05. The van der Waals surface area contributed by atoms with Gasteiger partial charge in [0, 0.05) is 10.9 Å². The van der Waals surface area contributed by atoms with Gasteiger partial charge in [-0.3, -0.25) is 9.69 Å². The lowest BCUT2D eigenvalue weighted by Gasteiger charge is -2.23. The van der Waals surface area contributed by atoms with E-state index in [0.717, 1.165) is 13.0 Å². The summed E-state index contributed by atoms with van der Waals surface area (Å²) in [5.41, 5.74) is 1.36. The van der Waals surface area contributed by atoms with Gasteiger partial charge in [-0.25, -0.2) is 0 Å². The van der Waals surface area contributed by atoms with Crippen LogP contribution in [0.5, 0.6) is 0 Å². The van der Waals surface area contributed by atoms with E-state index >= 15 is 0 Å². The van der Waals surface area contributed by atoms with E-state index < -0.39 is 0 Å². The number of thiophene rings is 2. The zero-order valence-electron chi connectivity index (χ0n) is 11.2. The summed E-state index contributed by atoms with van der Waals surface area (Å²) in [6.07, 6.45) is 2.34. The van der Waals surface area contributed by atoms with Crippen molar-refractivity contribution in [2.75, 3.05) is 13.1 Å². The van der Waals surface area contributed by atoms with Gasteiger partial charge in [0.2, 0.25) is 5.91 Å². The Kier molecular flexibility index (Phi) is 4.50. The zero-order valence-corrected chi connectivity index (χ0v) is 12.9. The molecule has 2 aromatic rings. The van der Waals surface area contributed by atoms with Crippen LogP contribution < -0.4 is 5.32 Å². The average Bonchev–Trinajstić information content (AvgIpc) is 3.18. The smallest absolute Gasteiger partial charge is 0.234 e. The van der Waals surface area contributed by atoms with Gasteiger partial charge in [0.05, 0.1) is 13.1 Å². The van der Waals surface area contributed by atoms with Gasteiger partial charge >= 0.3 is 0 Å². The van der Waals surface area contributed by atoms with Gasteiger partial charge in [-0.1, -0.05) is 6.07 Å². The van der Waals surface area contributed by atoms with Gasteiger partial charge in [0.1, 0.15) is 0 Å². The average molecular weight is 306 g/mol. The minimum atomic E-state index is 0.125. The summed E-state index contributed by atoms with van der Waals surface area (Å²) in [6.45, 7) is 2.17. The Morgan fingerprint density at radius 2 is 2.35 bits per heavy atom. The number of hydrogen-bond donors (Lipinski definition) is 1. The quantitative estimate of drug-likeness (QED) is 0.919. The molecular formula is C15H18N2OS2. The molecule has 3 nitrogen and oxygen atoms in total. The van der Waals surface area contributed by atoms with E-state index in [1.807, 2.05) is 11.4 Å². The highest BCUT2D eigenvalue weighted by molar-refractivity contribution is 7.09. The van der Waals surface area contributed by atoms with Crippen LogP contribution in [-0.4, -0.2) is 23.9 Å². The van der Waals surface area contributed by atoms with Gasteiger partial charge < -0.3 is 5.32 Å². The van der Waals surface area contributed by atoms with Gasteiger partial charge in [-0.05, 0) is 53.2 Å². The number of carbonyl (C=O) groups is 1. The number of hydrogen-bond acceptors (Lipinski definition) is 4. The molecule has 1 aliphatic rings. The predicted molar refractivity (Wildman–Crippen MR) is 84.0 cm³/mol. The first-order chi connectivity index (χ1) is 9.83. The predicted octanol–water partition coefficient (Wildman–Crippen LogP) is 3.26. The highest BCUT2D eigenvalue weighted by Crippen LogP contribution is 2.32. The monoisotopic (exact) mass is 306 g/mol. The van der Waals surface area contributed by atoms with Crippen molar-refractivity contribution in [2.24, 2.45) is 0 Å². The highest BCUT2D eigenvalue weighted by atomic mass is 32.1. The third-order valence-corrected chi connectivity index (χ3v) is 5.26. The molecule has 106 valence electrons. The largest absolute Gasteiger partial charge is 0.350 e. The van der Waals surface area contributed by atoms with Crippen LogP contribution >= 0.6 is 22.7 Å². The summed E-state index contributed by atoms with van der Waals surface area (Å²) in [6, 6.07) is 6.67. The summed E-state index contributed by atoms with van der Waals surface area (Å²) >= 11 is 3.41. The van der Waals surface area contributed by atoms with Crippen molar-refractivity contribution in [3.63, 3.8) is 0 Å². The van der Waals surface area contributed by atoms with Crippen molar-refractivity contribution in [2.45, 2.75) is 25.4 Å². The van der Waals surface area contributed by atoms with Crippen LogP contribution in [0.3, 0.4) is 0 Å². The Bertz CT molecular complexity index is 536. The van der Waals surface area contributed by atoms with Crippen molar-refractivity contribution >= 4 is 28.6 Å². The second kappa shape index (κ2) is 6.52. The molecule has 0 saturated carbocycles. The van der Waals surface area contributed by atoms with Crippen molar-refractivity contribution in [1.82, 2.24) is 10.2 Å². The Morgan fingerprint density at radius 3 is 3.10 bits per heavy atom. The molecule has 0 spiro atoms. The second-order valence-corrected chi connectivity index (χ2v) is 6.85. The minimum absolute atomic E-state index is 0.125. The Balaban J connectivity index is 1.52. The summed E-state index contributed by atoms with van der Waals surface area (Å²) in [4.78, 5) is 15.6. The van der Waals surface area contributed by atoms with E-state index in [1.54, 1.807) is 22.7 Å². The van der Waals surface area contributed by atoms with Crippen LogP contribution in [0.25, 0.3) is 0 Å². The Hall–Kier alpha value is -1.17. The molecule has 20 heavy (non-hydrogen) atoms. The van der Waals surface area contributed by atoms with E-state index in [0.29, 0.717) is 19.1 Å². The van der Waals surface area contributed by atoms with Gasteiger partial charge in [0.15, 0.2) is 0 Å². The first-order valence-corrected chi connectivity index (χ1v) is 8.70. The number of rotatable bonds is 5. The lowest BCUT2D eigenvalue weighted by Crippen LogP contribution is -2.36. The van der Waals surface area contributed by atoms with E-state index in [9.17, 15) is 4.79 Å². The topological polar surface area (TPSA) is 32.3 Å². The van der Waals surface area contributed by atoms with Crippen LogP contribution in [0, 0.1) is 0 Å². The molecule has 1 aliphatic heterocycles. The molecule has 0 aromatic carbocycles. The minimum Gasteiger partial charge on any atom is -0.350 e. The molecule has 3 rings (SSSR count). The lowest BCUT2D eigenvalue weighted by atomic mass is 10.1. The fourth-order valence-electron chi connectivity index (χ4n) is 2.70. The molecule has 1 saturated heterocycles. The maximum absolute atomic E-state index is 12.1. The van der Waals surface area contributed by atoms with Gasteiger partial charge in [0.25, 0.3) is 0 Å². The molecule has 1 unspecified atom stereocenters. The first kappa shape index (κ1) is 13.8. The van der Waals surface area contributed by atoms with Crippen molar-refractivity contribution in [3.05, 3.63) is 44.8 Å². The third-order valence-electron chi connectivity index (χ3n) is 3.68. The van der Waals surface area contributed by atoms with E-state index in [4.69, 9.17) is 0 Å². The number of nitrogens with one attached hydrogen (secondary N) is 1. The Morgan fingerprint density at radius 1 is 1.40 bits per heavy atom. The molecule has 0 radical (unpaired) electrons. The molecule has 2 aromatic heterocycles. The Labute approximate surface area is 127 Å². The van der Waals surface area contributed by atoms with Crippen LogP contribution in [0.1, 0.15) is 29.3 Å². The zero-order chi connectivity index (χ0) is 13.8. The van der Waals surface area contributed by atoms with Crippen LogP contribution in [0.15, 0.2) is 34.3 Å². The van der Waals surface area contributed by atoms with Gasteiger partial charge in [-0.15, -0.1) is 11.3 Å². The van der Waals surface area contributed by atoms with Crippen molar-refractivity contribution in [1.29, 1.82) is 0 Å². The third kappa shape index (κ3) is 3.29. The molecular weight excluding hydrogens is 288 g/mol. The second-order valence-electron chi connectivity index (χ2n) is 5.04. The summed E-state index contributed by atoms with van der Waals surface area (Å²) < 4.78 is 0. The van der Waals surface area contributed by atoms with E-state index in [1.165, 1.54) is 16.9 Å². The van der Waals surface area contributed by atoms with Crippen molar-refractivity contribution < 1.29 is 4.79 Å². The SMILES string of the molecule is O=C(CN1CCCC1c1ccsc1)NCc1cccs1. The summed E-state index contributed by atoms with van der Waals surface area (Å²) in [5.74, 6) is 0.125. The molecule has 0 bridgehead atoms. The lowest BCUT2D eigenvalue weighted by molar-refractivity contribution is -0.122. The number of likely N-dealkylation sites (tertiary alicyclic amines) is 1. The molecule has 1 amide bonds. The van der Waals surface area contributed by atoms with E-state index in [2.05, 4.69) is 33.1 Å². The first-order valence-electron chi connectivity index (χ1n) is 6.88. The van der Waals surface area contributed by atoms with E-state index in [-0.39, 0.29) is 5.91 Å². The maximum Gasteiger partial charge on any atom is 0.234 e. The maximum atomic E-state index is 12.1. The summed E-state index contributed by atoms with van der Waals surface area (Å²) in [7, 11) is 0. The molecule has 1 atom stereocenters. The molecule has 1 N–H and O–H groups in total. The fraction of sp³-hybridized carbons (Fsp3) is 0.400. The molecule has 1 fully saturated rings. The number of carbonyl (C=O) groups excluding carboxylic acids is 1. The highest BCUT2D eigenvalue weighted by Gasteiger charge is 2.27. The number of nitrogens with zero attached hydrogens (tertiary/aromatic N) is 1. The van der Waals surface area contributed by atoms with Crippen LogP contribution in [-0.2, 0) is 11.3 Å². The summed E-state index contributed by atoms with van der Waals surface area (Å²) in [5, 5.41) is 9.36. The number of amides is 1. The normalized spacial score (nSPS) is 19.3. The van der Waals surface area contributed by atoms with Crippen LogP contribution in [0.2, 0.25) is 0 Å². The van der Waals surface area contributed by atoms with Crippen molar-refractivity contribution in [3.8, 4) is 0 Å². The molecule has 3 heterocycles. The molecule has 0 aliphatic carbocycles.